The van der Waals surface area contributed by atoms with Crippen LogP contribution in [0.3, 0.4) is 0 Å². The number of halogens is 3. The van der Waals surface area contributed by atoms with Gasteiger partial charge in [0.05, 0.1) is 16.8 Å². The number of amides is 1. The first-order valence-corrected chi connectivity index (χ1v) is 8.93. The highest BCUT2D eigenvalue weighted by atomic mass is 35.5. The minimum absolute atomic E-state index is 0. The van der Waals surface area contributed by atoms with Crippen LogP contribution in [0.2, 0.25) is 0 Å². The number of hydrogen-bond acceptors (Lipinski definition) is 4. The number of likely N-dealkylation sites (tertiary alicyclic amines) is 1. The number of rotatable bonds is 2. The van der Waals surface area contributed by atoms with Crippen molar-refractivity contribution in [2.75, 3.05) is 39.3 Å². The lowest BCUT2D eigenvalue weighted by Gasteiger charge is -2.32. The molecule has 1 unspecified atom stereocenters. The van der Waals surface area contributed by atoms with Crippen molar-refractivity contribution < 1.29 is 9.18 Å². The van der Waals surface area contributed by atoms with E-state index in [1.807, 2.05) is 17.9 Å². The number of nitrogens with zero attached hydrogens (tertiary/aromatic N) is 3. The van der Waals surface area contributed by atoms with Gasteiger partial charge in [0, 0.05) is 56.8 Å². The Morgan fingerprint density at radius 2 is 1.93 bits per heavy atom. The average molecular weight is 415 g/mol. The fourth-order valence-electron chi connectivity index (χ4n) is 3.89. The van der Waals surface area contributed by atoms with Crippen molar-refractivity contribution in [1.29, 1.82) is 0 Å². The summed E-state index contributed by atoms with van der Waals surface area (Å²) in [5, 5.41) is 4.17. The summed E-state index contributed by atoms with van der Waals surface area (Å²) in [6, 6.07) is 6.80. The van der Waals surface area contributed by atoms with Gasteiger partial charge < -0.3 is 10.2 Å². The average Bonchev–Trinajstić information content (AvgIpc) is 3.11. The van der Waals surface area contributed by atoms with Crippen LogP contribution in [-0.2, 0) is 0 Å². The quantitative estimate of drug-likeness (QED) is 0.820. The van der Waals surface area contributed by atoms with Crippen LogP contribution in [0, 0.1) is 12.7 Å². The number of aromatic nitrogens is 1. The molecule has 2 fully saturated rings. The van der Waals surface area contributed by atoms with Gasteiger partial charge in [-0.2, -0.15) is 0 Å². The van der Waals surface area contributed by atoms with Gasteiger partial charge in [-0.3, -0.25) is 14.7 Å². The van der Waals surface area contributed by atoms with Gasteiger partial charge in [0.2, 0.25) is 0 Å². The molecule has 148 valence electrons. The van der Waals surface area contributed by atoms with Gasteiger partial charge in [-0.1, -0.05) is 0 Å². The summed E-state index contributed by atoms with van der Waals surface area (Å²) in [5.41, 5.74) is 1.88. The first-order valence-electron chi connectivity index (χ1n) is 8.93. The molecule has 0 bridgehead atoms. The predicted octanol–water partition coefficient (Wildman–Crippen LogP) is 2.65. The number of nitrogens with one attached hydrogen (secondary N) is 1. The van der Waals surface area contributed by atoms with Crippen LogP contribution in [-0.4, -0.2) is 66.0 Å². The van der Waals surface area contributed by atoms with Gasteiger partial charge >= 0.3 is 0 Å². The molecule has 2 saturated heterocycles. The van der Waals surface area contributed by atoms with Crippen molar-refractivity contribution >= 4 is 41.6 Å². The lowest BCUT2D eigenvalue weighted by Crippen LogP contribution is -2.49. The van der Waals surface area contributed by atoms with Crippen molar-refractivity contribution in [3.63, 3.8) is 0 Å². The molecule has 0 spiro atoms. The molecule has 0 radical (unpaired) electrons. The number of fused-ring (bicyclic) bond motifs is 1. The number of piperazine rings is 1. The second kappa shape index (κ2) is 9.15. The van der Waals surface area contributed by atoms with E-state index in [1.165, 1.54) is 12.1 Å². The lowest BCUT2D eigenvalue weighted by atomic mass is 10.1. The molecule has 1 atom stereocenters. The third kappa shape index (κ3) is 4.51. The Balaban J connectivity index is 0.00000131. The van der Waals surface area contributed by atoms with Crippen molar-refractivity contribution in [3.8, 4) is 0 Å². The van der Waals surface area contributed by atoms with Crippen LogP contribution >= 0.6 is 24.8 Å². The van der Waals surface area contributed by atoms with E-state index >= 15 is 0 Å². The van der Waals surface area contributed by atoms with Crippen LogP contribution in [0.5, 0.6) is 0 Å². The molecular weight excluding hydrogens is 390 g/mol. The molecule has 1 aromatic heterocycles. The maximum Gasteiger partial charge on any atom is 0.255 e. The summed E-state index contributed by atoms with van der Waals surface area (Å²) < 4.78 is 13.4. The van der Waals surface area contributed by atoms with E-state index in [0.717, 1.165) is 51.1 Å². The minimum Gasteiger partial charge on any atom is -0.337 e. The summed E-state index contributed by atoms with van der Waals surface area (Å²) in [4.78, 5) is 21.8. The van der Waals surface area contributed by atoms with Gasteiger partial charge in [-0.15, -0.1) is 24.8 Å². The van der Waals surface area contributed by atoms with E-state index in [-0.39, 0.29) is 36.5 Å². The van der Waals surface area contributed by atoms with Crippen LogP contribution in [0.4, 0.5) is 4.39 Å². The van der Waals surface area contributed by atoms with Gasteiger partial charge in [0.15, 0.2) is 0 Å². The van der Waals surface area contributed by atoms with Crippen LogP contribution in [0.1, 0.15) is 22.5 Å². The Hall–Kier alpha value is -1.47. The third-order valence-corrected chi connectivity index (χ3v) is 5.32. The second-order valence-electron chi connectivity index (χ2n) is 6.94. The summed E-state index contributed by atoms with van der Waals surface area (Å²) in [7, 11) is 0. The molecule has 2 aromatic rings. The Labute approximate surface area is 171 Å². The van der Waals surface area contributed by atoms with Gasteiger partial charge in [0.1, 0.15) is 5.82 Å². The molecule has 27 heavy (non-hydrogen) atoms. The summed E-state index contributed by atoms with van der Waals surface area (Å²) in [6.07, 6.45) is 1.02. The lowest BCUT2D eigenvalue weighted by molar-refractivity contribution is 0.0772. The predicted molar refractivity (Wildman–Crippen MR) is 110 cm³/mol. The van der Waals surface area contributed by atoms with Gasteiger partial charge in [-0.05, 0) is 31.5 Å². The molecule has 0 saturated carbocycles. The van der Waals surface area contributed by atoms with E-state index in [4.69, 9.17) is 0 Å². The standard InChI is InChI=1S/C19H23FN4O.2ClH/c1-13-17(10-14-2-3-15(20)11-18(14)22-13)19(25)24-7-4-16(12-24)23-8-5-21-6-9-23;;/h2-3,10-11,16,21H,4-9,12H2,1H3;2*1H. The number of hydrogen-bond donors (Lipinski definition) is 1. The van der Waals surface area contributed by atoms with E-state index in [2.05, 4.69) is 15.2 Å². The summed E-state index contributed by atoms with van der Waals surface area (Å²) in [5.74, 6) is -0.272. The monoisotopic (exact) mass is 414 g/mol. The first-order chi connectivity index (χ1) is 12.1. The SMILES string of the molecule is Cc1nc2cc(F)ccc2cc1C(=O)N1CCC(N2CCNCC2)C1.Cl.Cl. The zero-order valence-corrected chi connectivity index (χ0v) is 16.9. The van der Waals surface area contributed by atoms with Gasteiger partial charge in [0.25, 0.3) is 5.91 Å². The number of pyridine rings is 1. The van der Waals surface area contributed by atoms with Crippen molar-refractivity contribution in [2.24, 2.45) is 0 Å². The molecule has 5 nitrogen and oxygen atoms in total. The second-order valence-corrected chi connectivity index (χ2v) is 6.94. The maximum absolute atomic E-state index is 13.4. The van der Waals surface area contributed by atoms with Gasteiger partial charge in [-0.25, -0.2) is 4.39 Å². The zero-order valence-electron chi connectivity index (χ0n) is 15.3. The number of benzene rings is 1. The summed E-state index contributed by atoms with van der Waals surface area (Å²) >= 11 is 0. The highest BCUT2D eigenvalue weighted by molar-refractivity contribution is 5.98. The smallest absolute Gasteiger partial charge is 0.255 e. The van der Waals surface area contributed by atoms with Crippen LogP contribution in [0.25, 0.3) is 10.9 Å². The Morgan fingerprint density at radius 3 is 2.67 bits per heavy atom. The molecule has 1 aromatic carbocycles. The highest BCUT2D eigenvalue weighted by Crippen LogP contribution is 2.22. The van der Waals surface area contributed by atoms with Crippen molar-refractivity contribution in [2.45, 2.75) is 19.4 Å². The van der Waals surface area contributed by atoms with Crippen LogP contribution in [0.15, 0.2) is 24.3 Å². The fraction of sp³-hybridized carbons (Fsp3) is 0.474. The highest BCUT2D eigenvalue weighted by Gasteiger charge is 2.32. The van der Waals surface area contributed by atoms with Crippen molar-refractivity contribution in [3.05, 3.63) is 41.3 Å². The number of aryl methyl sites for hydroxylation is 1. The Kier molecular flexibility index (Phi) is 7.40. The molecule has 1 N–H and O–H groups in total. The Bertz CT molecular complexity index is 814. The van der Waals surface area contributed by atoms with E-state index < -0.39 is 0 Å². The number of carbonyl (C=O) groups excluding carboxylic acids is 1. The first kappa shape index (κ1) is 21.8. The maximum atomic E-state index is 13.4. The fourth-order valence-corrected chi connectivity index (χ4v) is 3.89. The molecule has 1 amide bonds. The van der Waals surface area contributed by atoms with Crippen molar-refractivity contribution in [1.82, 2.24) is 20.1 Å². The Morgan fingerprint density at radius 1 is 1.19 bits per heavy atom. The molecule has 4 rings (SSSR count). The third-order valence-electron chi connectivity index (χ3n) is 5.32. The number of carbonyl (C=O) groups is 1. The van der Waals surface area contributed by atoms with E-state index in [9.17, 15) is 9.18 Å². The van der Waals surface area contributed by atoms with Crippen LogP contribution < -0.4 is 5.32 Å². The van der Waals surface area contributed by atoms with E-state index in [1.54, 1.807) is 6.07 Å². The molecule has 2 aliphatic heterocycles. The van der Waals surface area contributed by atoms with E-state index in [0.29, 0.717) is 22.8 Å². The minimum atomic E-state index is -0.308. The molecule has 0 aliphatic carbocycles. The molecular formula is C19H25Cl2FN4O. The topological polar surface area (TPSA) is 48.5 Å². The zero-order chi connectivity index (χ0) is 17.4. The molecule has 8 heteroatoms. The molecule has 3 heterocycles. The summed E-state index contributed by atoms with van der Waals surface area (Å²) in [6.45, 7) is 7.53. The normalized spacial score (nSPS) is 20.2. The molecule has 2 aliphatic rings. The largest absolute Gasteiger partial charge is 0.337 e.